The van der Waals surface area contributed by atoms with Crippen LogP contribution in [0.4, 0.5) is 0 Å². The van der Waals surface area contributed by atoms with Gasteiger partial charge in [0, 0.05) is 44.8 Å². The number of rotatable bonds is 2. The van der Waals surface area contributed by atoms with E-state index < -0.39 is 0 Å². The van der Waals surface area contributed by atoms with Crippen LogP contribution in [-0.2, 0) is 19.0 Å². The Morgan fingerprint density at radius 1 is 1.04 bits per heavy atom. The van der Waals surface area contributed by atoms with Gasteiger partial charge in [-0.2, -0.15) is 0 Å². The molecule has 0 aromatic rings. The van der Waals surface area contributed by atoms with E-state index in [4.69, 9.17) is 14.2 Å². The number of nitrogens with zero attached hydrogens (tertiary/aromatic N) is 2. The summed E-state index contributed by atoms with van der Waals surface area (Å²) in [6.07, 6.45) is 1.69. The fourth-order valence-electron chi connectivity index (χ4n) is 3.79. The minimum Gasteiger partial charge on any atom is -0.381 e. The van der Waals surface area contributed by atoms with E-state index in [9.17, 15) is 4.79 Å². The van der Waals surface area contributed by atoms with Crippen LogP contribution in [-0.4, -0.2) is 86.6 Å². The van der Waals surface area contributed by atoms with Gasteiger partial charge in [-0.1, -0.05) is 0 Å². The number of amides is 1. The zero-order valence-electron chi connectivity index (χ0n) is 14.5. The molecule has 0 radical (unpaired) electrons. The molecule has 1 spiro atoms. The first-order valence-electron chi connectivity index (χ1n) is 8.92. The molecule has 3 aliphatic rings. The van der Waals surface area contributed by atoms with Crippen molar-refractivity contribution in [2.45, 2.75) is 38.3 Å². The average Bonchev–Trinajstić information content (AvgIpc) is 2.78. The van der Waals surface area contributed by atoms with Crippen molar-refractivity contribution in [2.75, 3.05) is 59.2 Å². The van der Waals surface area contributed by atoms with Gasteiger partial charge in [-0.3, -0.25) is 9.69 Å². The summed E-state index contributed by atoms with van der Waals surface area (Å²) in [5, 5.41) is 0. The molecule has 0 aromatic carbocycles. The van der Waals surface area contributed by atoms with Gasteiger partial charge in [-0.25, -0.2) is 0 Å². The topological polar surface area (TPSA) is 51.2 Å². The summed E-state index contributed by atoms with van der Waals surface area (Å²) in [5.74, 6) is 0.392. The second kappa shape index (κ2) is 7.47. The molecule has 3 heterocycles. The molecule has 132 valence electrons. The van der Waals surface area contributed by atoms with Crippen molar-refractivity contribution in [1.82, 2.24) is 9.80 Å². The Morgan fingerprint density at radius 3 is 2.57 bits per heavy atom. The third-order valence-electron chi connectivity index (χ3n) is 5.24. The van der Waals surface area contributed by atoms with Crippen LogP contribution in [0, 0.1) is 5.92 Å². The van der Waals surface area contributed by atoms with Crippen LogP contribution >= 0.6 is 0 Å². The zero-order chi connectivity index (χ0) is 16.3. The number of carbonyl (C=O) groups excluding carboxylic acids is 1. The van der Waals surface area contributed by atoms with Crippen LogP contribution in [0.3, 0.4) is 0 Å². The Hall–Kier alpha value is -0.690. The summed E-state index contributed by atoms with van der Waals surface area (Å²) in [4.78, 5) is 17.2. The summed E-state index contributed by atoms with van der Waals surface area (Å²) in [6, 6.07) is 0.457. The predicted molar refractivity (Wildman–Crippen MR) is 86.3 cm³/mol. The molecule has 3 saturated heterocycles. The first kappa shape index (κ1) is 17.1. The van der Waals surface area contributed by atoms with Gasteiger partial charge in [0.1, 0.15) is 5.60 Å². The fraction of sp³-hybridized carbons (Fsp3) is 0.941. The van der Waals surface area contributed by atoms with E-state index in [1.54, 1.807) is 0 Å². The molecule has 0 unspecified atom stereocenters. The Morgan fingerprint density at radius 2 is 1.83 bits per heavy atom. The van der Waals surface area contributed by atoms with Gasteiger partial charge >= 0.3 is 0 Å². The van der Waals surface area contributed by atoms with E-state index >= 15 is 0 Å². The van der Waals surface area contributed by atoms with Crippen molar-refractivity contribution >= 4 is 5.91 Å². The number of morpholine rings is 1. The molecule has 23 heavy (non-hydrogen) atoms. The maximum absolute atomic E-state index is 12.8. The van der Waals surface area contributed by atoms with Crippen molar-refractivity contribution in [3.8, 4) is 0 Å². The number of hydrogen-bond acceptors (Lipinski definition) is 5. The molecule has 6 nitrogen and oxygen atoms in total. The third kappa shape index (κ3) is 4.05. The molecule has 0 aromatic heterocycles. The van der Waals surface area contributed by atoms with Crippen LogP contribution in [0.2, 0.25) is 0 Å². The highest BCUT2D eigenvalue weighted by molar-refractivity contribution is 5.79. The van der Waals surface area contributed by atoms with Gasteiger partial charge < -0.3 is 19.1 Å². The molecule has 1 amide bonds. The van der Waals surface area contributed by atoms with Crippen molar-refractivity contribution in [1.29, 1.82) is 0 Å². The van der Waals surface area contributed by atoms with Gasteiger partial charge in [0.05, 0.1) is 26.4 Å². The van der Waals surface area contributed by atoms with E-state index in [1.807, 2.05) is 4.90 Å². The van der Waals surface area contributed by atoms with Crippen molar-refractivity contribution in [3.63, 3.8) is 0 Å². The minimum absolute atomic E-state index is 0.117. The smallest absolute Gasteiger partial charge is 0.226 e. The van der Waals surface area contributed by atoms with Crippen molar-refractivity contribution in [2.24, 2.45) is 5.92 Å². The maximum atomic E-state index is 12.8. The Kier molecular flexibility index (Phi) is 5.57. The maximum Gasteiger partial charge on any atom is 0.226 e. The highest BCUT2D eigenvalue weighted by Gasteiger charge is 2.43. The summed E-state index contributed by atoms with van der Waals surface area (Å²) in [5.41, 5.74) is -0.375. The molecule has 6 heteroatoms. The first-order chi connectivity index (χ1) is 11.1. The van der Waals surface area contributed by atoms with E-state index in [-0.39, 0.29) is 17.4 Å². The number of carbonyl (C=O) groups is 1. The SMILES string of the molecule is CC(C)N1CCOC[C@]2(CN(C(=O)C3CCOCC3)CCO2)C1. The van der Waals surface area contributed by atoms with E-state index in [0.717, 1.165) is 32.5 Å². The number of ether oxygens (including phenoxy) is 3. The molecule has 0 saturated carbocycles. The molecule has 3 rings (SSSR count). The second-order valence-corrected chi connectivity index (χ2v) is 7.29. The largest absolute Gasteiger partial charge is 0.381 e. The second-order valence-electron chi connectivity index (χ2n) is 7.29. The highest BCUT2D eigenvalue weighted by atomic mass is 16.5. The van der Waals surface area contributed by atoms with Gasteiger partial charge in [0.15, 0.2) is 0 Å². The van der Waals surface area contributed by atoms with Gasteiger partial charge in [-0.05, 0) is 26.7 Å². The molecule has 0 aliphatic carbocycles. The quantitative estimate of drug-likeness (QED) is 0.750. The molecular formula is C17H30N2O4. The number of hydrogen-bond donors (Lipinski definition) is 0. The molecule has 3 aliphatic heterocycles. The zero-order valence-corrected chi connectivity index (χ0v) is 14.5. The summed E-state index contributed by atoms with van der Waals surface area (Å²) in [7, 11) is 0. The lowest BCUT2D eigenvalue weighted by Gasteiger charge is -2.45. The van der Waals surface area contributed by atoms with E-state index in [1.165, 1.54) is 0 Å². The van der Waals surface area contributed by atoms with Gasteiger partial charge in [0.25, 0.3) is 0 Å². The highest BCUT2D eigenvalue weighted by Crippen LogP contribution is 2.26. The predicted octanol–water partition coefficient (Wildman–Crippen LogP) is 0.751. The Labute approximate surface area is 139 Å². The van der Waals surface area contributed by atoms with Crippen LogP contribution in [0.15, 0.2) is 0 Å². The van der Waals surface area contributed by atoms with Gasteiger partial charge in [-0.15, -0.1) is 0 Å². The average molecular weight is 326 g/mol. The van der Waals surface area contributed by atoms with Crippen LogP contribution in [0.5, 0.6) is 0 Å². The van der Waals surface area contributed by atoms with Crippen LogP contribution < -0.4 is 0 Å². The lowest BCUT2D eigenvalue weighted by atomic mass is 9.95. The normalized spacial score (nSPS) is 31.5. The lowest BCUT2D eigenvalue weighted by molar-refractivity contribution is -0.167. The van der Waals surface area contributed by atoms with E-state index in [2.05, 4.69) is 18.7 Å². The van der Waals surface area contributed by atoms with Crippen LogP contribution in [0.1, 0.15) is 26.7 Å². The Bertz CT molecular complexity index is 411. The molecule has 0 N–H and O–H groups in total. The standard InChI is InChI=1S/C17H30N2O4/c1-14(2)18-5-9-22-13-17(11-18)12-19(6-10-23-17)16(20)15-3-7-21-8-4-15/h14-15H,3-13H2,1-2H3/t17-/m1/s1. The third-order valence-corrected chi connectivity index (χ3v) is 5.24. The fourth-order valence-corrected chi connectivity index (χ4v) is 3.79. The van der Waals surface area contributed by atoms with Crippen molar-refractivity contribution in [3.05, 3.63) is 0 Å². The Balaban J connectivity index is 1.67. The molecule has 0 bridgehead atoms. The van der Waals surface area contributed by atoms with Gasteiger partial charge in [0.2, 0.25) is 5.91 Å². The summed E-state index contributed by atoms with van der Waals surface area (Å²) in [6.45, 7) is 10.8. The van der Waals surface area contributed by atoms with Crippen molar-refractivity contribution < 1.29 is 19.0 Å². The molecule has 1 atom stereocenters. The summed E-state index contributed by atoms with van der Waals surface area (Å²) >= 11 is 0. The lowest BCUT2D eigenvalue weighted by Crippen LogP contribution is -2.61. The molecular weight excluding hydrogens is 296 g/mol. The van der Waals surface area contributed by atoms with Crippen LogP contribution in [0.25, 0.3) is 0 Å². The monoisotopic (exact) mass is 326 g/mol. The van der Waals surface area contributed by atoms with E-state index in [0.29, 0.717) is 45.6 Å². The minimum atomic E-state index is -0.375. The first-order valence-corrected chi connectivity index (χ1v) is 8.92. The molecule has 3 fully saturated rings. The summed E-state index contributed by atoms with van der Waals surface area (Å²) < 4.78 is 17.3.